The maximum atomic E-state index is 13.6. The Balaban J connectivity index is 1.41. The van der Waals surface area contributed by atoms with Crippen LogP contribution in [0.1, 0.15) is 16.7 Å². The van der Waals surface area contributed by atoms with Crippen molar-refractivity contribution in [3.05, 3.63) is 133 Å². The molecule has 0 aliphatic rings. The Bertz CT molecular complexity index is 2160. The summed E-state index contributed by atoms with van der Waals surface area (Å²) in [4.78, 5) is 18.1. The first kappa shape index (κ1) is 30.5. The summed E-state index contributed by atoms with van der Waals surface area (Å²) in [5.74, 6) is 0.802. The standard InChI is InChI=1S/C34H22Br2F3N3O3/c1-44-28-17-23(29(35)30(36)31(28)45-19-22-11-6-9-20-8-2-3-13-25(20)22)18-40-42-32(21-10-7-12-24(16-21)34(37,38)39)41-27-15-5-4-14-26(27)33(42)43/h2-18H,19H2,1H3. The maximum absolute atomic E-state index is 13.6. The first-order chi connectivity index (χ1) is 21.7. The molecule has 1 heterocycles. The van der Waals surface area contributed by atoms with Gasteiger partial charge in [-0.25, -0.2) is 4.98 Å². The van der Waals surface area contributed by atoms with Crippen LogP contribution in [0.15, 0.2) is 116 Å². The van der Waals surface area contributed by atoms with Crippen LogP contribution in [0.5, 0.6) is 11.5 Å². The quantitative estimate of drug-likeness (QED) is 0.153. The van der Waals surface area contributed by atoms with Gasteiger partial charge in [-0.15, -0.1) is 0 Å². The minimum absolute atomic E-state index is 0.0433. The molecule has 45 heavy (non-hydrogen) atoms. The summed E-state index contributed by atoms with van der Waals surface area (Å²) in [6, 6.07) is 26.9. The van der Waals surface area contributed by atoms with Crippen molar-refractivity contribution in [2.45, 2.75) is 12.8 Å². The van der Waals surface area contributed by atoms with Crippen LogP contribution in [0, 0.1) is 0 Å². The first-order valence-electron chi connectivity index (χ1n) is 13.5. The van der Waals surface area contributed by atoms with Crippen LogP contribution in [-0.4, -0.2) is 23.0 Å². The molecule has 1 aromatic heterocycles. The van der Waals surface area contributed by atoms with Gasteiger partial charge < -0.3 is 9.47 Å². The number of fused-ring (bicyclic) bond motifs is 2. The van der Waals surface area contributed by atoms with Crippen molar-refractivity contribution >= 4 is 59.7 Å². The molecular formula is C34H22Br2F3N3O3. The lowest BCUT2D eigenvalue weighted by atomic mass is 10.1. The molecule has 0 spiro atoms. The lowest BCUT2D eigenvalue weighted by molar-refractivity contribution is -0.137. The Morgan fingerprint density at radius 2 is 1.60 bits per heavy atom. The smallest absolute Gasteiger partial charge is 0.416 e. The van der Waals surface area contributed by atoms with Crippen LogP contribution >= 0.6 is 31.9 Å². The molecule has 6 aromatic rings. The molecule has 11 heteroatoms. The van der Waals surface area contributed by atoms with E-state index in [2.05, 4.69) is 41.9 Å². The van der Waals surface area contributed by atoms with Gasteiger partial charge in [0.25, 0.3) is 5.56 Å². The second-order valence-corrected chi connectivity index (χ2v) is 11.5. The molecular weight excluding hydrogens is 715 g/mol. The van der Waals surface area contributed by atoms with Crippen molar-refractivity contribution in [1.82, 2.24) is 9.66 Å². The van der Waals surface area contributed by atoms with Crippen LogP contribution in [0.3, 0.4) is 0 Å². The average Bonchev–Trinajstić information content (AvgIpc) is 3.05. The van der Waals surface area contributed by atoms with E-state index in [0.29, 0.717) is 31.5 Å². The van der Waals surface area contributed by atoms with Gasteiger partial charge in [0.1, 0.15) is 6.61 Å². The molecule has 0 aliphatic carbocycles. The molecule has 0 fully saturated rings. The summed E-state index contributed by atoms with van der Waals surface area (Å²) < 4.78 is 54.6. The number of hydrogen-bond acceptors (Lipinski definition) is 5. The average molecular weight is 737 g/mol. The van der Waals surface area contributed by atoms with Gasteiger partial charge in [0.15, 0.2) is 17.3 Å². The Kier molecular flexibility index (Phi) is 8.48. The molecule has 0 radical (unpaired) electrons. The van der Waals surface area contributed by atoms with Crippen molar-refractivity contribution in [3.63, 3.8) is 0 Å². The third-order valence-corrected chi connectivity index (χ3v) is 9.28. The van der Waals surface area contributed by atoms with Crippen molar-refractivity contribution in [2.75, 3.05) is 7.11 Å². The predicted molar refractivity (Wildman–Crippen MR) is 176 cm³/mol. The first-order valence-corrected chi connectivity index (χ1v) is 15.1. The van der Waals surface area contributed by atoms with E-state index < -0.39 is 17.3 Å². The molecule has 0 N–H and O–H groups in total. The largest absolute Gasteiger partial charge is 0.493 e. The zero-order valence-electron chi connectivity index (χ0n) is 23.5. The number of alkyl halides is 3. The van der Waals surface area contributed by atoms with Crippen molar-refractivity contribution in [1.29, 1.82) is 0 Å². The maximum Gasteiger partial charge on any atom is 0.416 e. The van der Waals surface area contributed by atoms with Gasteiger partial charge in [-0.2, -0.15) is 22.9 Å². The number of hydrogen-bond donors (Lipinski definition) is 0. The molecule has 0 amide bonds. The van der Waals surface area contributed by atoms with Gasteiger partial charge in [0.05, 0.1) is 34.3 Å². The molecule has 0 saturated heterocycles. The van der Waals surface area contributed by atoms with Gasteiger partial charge in [0.2, 0.25) is 0 Å². The minimum atomic E-state index is -4.58. The van der Waals surface area contributed by atoms with Crippen LogP contribution in [0.25, 0.3) is 33.1 Å². The fourth-order valence-electron chi connectivity index (χ4n) is 4.93. The van der Waals surface area contributed by atoms with E-state index in [4.69, 9.17) is 9.47 Å². The second-order valence-electron chi connectivity index (χ2n) is 9.94. The SMILES string of the molecule is COc1cc(C=Nn2c(-c3cccc(C(F)(F)F)c3)nc3ccccc3c2=O)c(Br)c(Br)c1OCc1cccc2ccccc12. The Labute approximate surface area is 272 Å². The normalized spacial score (nSPS) is 11.9. The Morgan fingerprint density at radius 1 is 0.889 bits per heavy atom. The van der Waals surface area contributed by atoms with Crippen molar-refractivity contribution in [3.8, 4) is 22.9 Å². The number of rotatable bonds is 7. The van der Waals surface area contributed by atoms with E-state index in [-0.39, 0.29) is 23.4 Å². The number of benzene rings is 5. The zero-order chi connectivity index (χ0) is 31.7. The highest BCUT2D eigenvalue weighted by atomic mass is 79.9. The van der Waals surface area contributed by atoms with E-state index in [1.165, 1.54) is 25.5 Å². The summed E-state index contributed by atoms with van der Waals surface area (Å²) in [6.45, 7) is 0.273. The Hall–Kier alpha value is -4.48. The molecule has 5 aromatic carbocycles. The van der Waals surface area contributed by atoms with Gasteiger partial charge >= 0.3 is 6.18 Å². The topological polar surface area (TPSA) is 65.7 Å². The van der Waals surface area contributed by atoms with Gasteiger partial charge in [-0.05, 0) is 78.5 Å². The van der Waals surface area contributed by atoms with E-state index in [0.717, 1.165) is 33.1 Å². The summed E-state index contributed by atoms with van der Waals surface area (Å²) in [6.07, 6.45) is -3.17. The van der Waals surface area contributed by atoms with Gasteiger partial charge in [0, 0.05) is 15.6 Å². The fourth-order valence-corrected chi connectivity index (χ4v) is 5.86. The van der Waals surface area contributed by atoms with Crippen LogP contribution in [-0.2, 0) is 12.8 Å². The molecule has 0 saturated carbocycles. The molecule has 6 nitrogen and oxygen atoms in total. The number of methoxy groups -OCH3 is 1. The molecule has 0 aliphatic heterocycles. The summed E-state index contributed by atoms with van der Waals surface area (Å²) in [5.41, 5.74) is 0.509. The summed E-state index contributed by atoms with van der Waals surface area (Å²) >= 11 is 7.18. The minimum Gasteiger partial charge on any atom is -0.493 e. The number of aromatic nitrogens is 2. The molecule has 226 valence electrons. The van der Waals surface area contributed by atoms with Crippen LogP contribution in [0.4, 0.5) is 13.2 Å². The van der Waals surface area contributed by atoms with E-state index in [9.17, 15) is 18.0 Å². The van der Waals surface area contributed by atoms with E-state index >= 15 is 0 Å². The van der Waals surface area contributed by atoms with E-state index in [1.54, 1.807) is 30.3 Å². The van der Waals surface area contributed by atoms with Crippen molar-refractivity contribution < 1.29 is 22.6 Å². The number of halogens is 5. The predicted octanol–water partition coefficient (Wildman–Crippen LogP) is 9.23. The number of nitrogens with zero attached hydrogens (tertiary/aromatic N) is 3. The lowest BCUT2D eigenvalue weighted by Gasteiger charge is -2.16. The number of para-hydroxylation sites is 1. The highest BCUT2D eigenvalue weighted by Crippen LogP contribution is 2.43. The van der Waals surface area contributed by atoms with E-state index in [1.807, 2.05) is 42.5 Å². The molecule has 6 rings (SSSR count). The Morgan fingerprint density at radius 3 is 2.38 bits per heavy atom. The highest BCUT2D eigenvalue weighted by Gasteiger charge is 2.31. The van der Waals surface area contributed by atoms with Crippen molar-refractivity contribution in [2.24, 2.45) is 5.10 Å². The summed E-state index contributed by atoms with van der Waals surface area (Å²) in [7, 11) is 1.50. The summed E-state index contributed by atoms with van der Waals surface area (Å²) in [5, 5.41) is 6.85. The van der Waals surface area contributed by atoms with Crippen LogP contribution in [0.2, 0.25) is 0 Å². The lowest BCUT2D eigenvalue weighted by Crippen LogP contribution is -2.20. The number of ether oxygens (including phenoxy) is 2. The zero-order valence-corrected chi connectivity index (χ0v) is 26.7. The van der Waals surface area contributed by atoms with Crippen LogP contribution < -0.4 is 15.0 Å². The molecule has 0 unspecified atom stereocenters. The van der Waals surface area contributed by atoms with Gasteiger partial charge in [-0.1, -0.05) is 66.7 Å². The highest BCUT2D eigenvalue weighted by molar-refractivity contribution is 9.13. The molecule has 0 bridgehead atoms. The fraction of sp³-hybridized carbons (Fsp3) is 0.0882. The molecule has 0 atom stereocenters. The third kappa shape index (κ3) is 6.10. The second kappa shape index (κ2) is 12.5. The monoisotopic (exact) mass is 735 g/mol. The third-order valence-electron chi connectivity index (χ3n) is 7.14. The van der Waals surface area contributed by atoms with Gasteiger partial charge in [-0.3, -0.25) is 4.79 Å².